The fourth-order valence-corrected chi connectivity index (χ4v) is 4.93. The van der Waals surface area contributed by atoms with Gasteiger partial charge >= 0.3 is 11.7 Å². The van der Waals surface area contributed by atoms with E-state index in [9.17, 15) is 14.7 Å². The van der Waals surface area contributed by atoms with Crippen LogP contribution >= 0.6 is 0 Å². The van der Waals surface area contributed by atoms with Gasteiger partial charge in [-0.05, 0) is 50.1 Å². The van der Waals surface area contributed by atoms with Crippen molar-refractivity contribution in [2.24, 2.45) is 0 Å². The lowest BCUT2D eigenvalue weighted by molar-refractivity contribution is -0.137. The summed E-state index contributed by atoms with van der Waals surface area (Å²) < 4.78 is 3.28. The Labute approximate surface area is 196 Å². The van der Waals surface area contributed by atoms with E-state index in [1.165, 1.54) is 0 Å². The molecule has 7 heteroatoms. The van der Waals surface area contributed by atoms with Crippen LogP contribution in [0.25, 0.3) is 22.1 Å². The maximum Gasteiger partial charge on any atom is 0.331 e. The lowest BCUT2D eigenvalue weighted by atomic mass is 10.0. The molecule has 172 valence electrons. The van der Waals surface area contributed by atoms with E-state index in [0.717, 1.165) is 33.3 Å². The molecule has 0 amide bonds. The van der Waals surface area contributed by atoms with Crippen molar-refractivity contribution < 1.29 is 9.90 Å². The third kappa shape index (κ3) is 3.50. The van der Waals surface area contributed by atoms with Gasteiger partial charge in [-0.2, -0.15) is 0 Å². The van der Waals surface area contributed by atoms with Crippen LogP contribution in [0, 0.1) is 13.8 Å². The molecule has 0 saturated carbocycles. The van der Waals surface area contributed by atoms with Gasteiger partial charge in [0.05, 0.1) is 24.0 Å². The molecule has 1 unspecified atom stereocenters. The molecule has 2 N–H and O–H groups in total. The number of imidazole rings is 1. The van der Waals surface area contributed by atoms with E-state index in [0.29, 0.717) is 11.2 Å². The first-order valence-corrected chi connectivity index (χ1v) is 11.3. The smallest absolute Gasteiger partial charge is 0.331 e. The normalized spacial score (nSPS) is 13.4. The van der Waals surface area contributed by atoms with Gasteiger partial charge in [0.25, 0.3) is 0 Å². The van der Waals surface area contributed by atoms with E-state index in [4.69, 9.17) is 4.98 Å². The zero-order valence-electron chi connectivity index (χ0n) is 19.3. The Hall–Kier alpha value is -4.13. The van der Waals surface area contributed by atoms with Crippen LogP contribution in [-0.4, -0.2) is 30.2 Å². The van der Waals surface area contributed by atoms with Gasteiger partial charge in [0.2, 0.25) is 0 Å². The summed E-state index contributed by atoms with van der Waals surface area (Å²) in [7, 11) is 0. The highest BCUT2D eigenvalue weighted by Gasteiger charge is 2.28. The Morgan fingerprint density at radius 3 is 2.53 bits per heavy atom. The third-order valence-corrected chi connectivity index (χ3v) is 6.54. The van der Waals surface area contributed by atoms with Crippen LogP contribution in [0.5, 0.6) is 0 Å². The van der Waals surface area contributed by atoms with Crippen molar-refractivity contribution in [1.82, 2.24) is 19.1 Å². The summed E-state index contributed by atoms with van der Waals surface area (Å²) >= 11 is 0. The minimum absolute atomic E-state index is 0.223. The number of hydrogen-bond donors (Lipinski definition) is 2. The van der Waals surface area contributed by atoms with Gasteiger partial charge in [-0.15, -0.1) is 0 Å². The second-order valence-corrected chi connectivity index (χ2v) is 8.76. The van der Waals surface area contributed by atoms with E-state index >= 15 is 0 Å². The Balaban J connectivity index is 1.78. The van der Waals surface area contributed by atoms with Gasteiger partial charge < -0.3 is 10.1 Å². The maximum atomic E-state index is 14.0. The van der Waals surface area contributed by atoms with Crippen LogP contribution in [0.3, 0.4) is 0 Å². The van der Waals surface area contributed by atoms with E-state index in [1.54, 1.807) is 9.13 Å². The number of pyridine rings is 1. The second-order valence-electron chi connectivity index (χ2n) is 8.76. The van der Waals surface area contributed by atoms with Crippen LogP contribution in [0.4, 0.5) is 0 Å². The summed E-state index contributed by atoms with van der Waals surface area (Å²) in [5, 5.41) is 10.8. The molecule has 0 aliphatic carbocycles. The Bertz CT molecular complexity index is 1580. The van der Waals surface area contributed by atoms with Gasteiger partial charge in [0, 0.05) is 28.4 Å². The molecule has 3 heterocycles. The average molecular weight is 455 g/mol. The minimum atomic E-state index is -0.977. The number of benzene rings is 2. The van der Waals surface area contributed by atoms with E-state index in [2.05, 4.69) is 18.0 Å². The molecular formula is C27H26N4O3. The molecule has 0 saturated heterocycles. The number of rotatable bonds is 6. The van der Waals surface area contributed by atoms with Gasteiger partial charge in [-0.3, -0.25) is 13.9 Å². The summed E-state index contributed by atoms with van der Waals surface area (Å²) in [6, 6.07) is 18.2. The topological polar surface area (TPSA) is 92.9 Å². The molecule has 0 radical (unpaired) electrons. The first kappa shape index (κ1) is 21.7. The van der Waals surface area contributed by atoms with Crippen LogP contribution in [-0.2, 0) is 4.79 Å². The number of carbonyl (C=O) groups is 1. The van der Waals surface area contributed by atoms with E-state index in [1.807, 2.05) is 74.6 Å². The molecule has 0 bridgehead atoms. The van der Waals surface area contributed by atoms with Gasteiger partial charge in [0.15, 0.2) is 5.65 Å². The van der Waals surface area contributed by atoms with Crippen molar-refractivity contribution in [3.63, 3.8) is 0 Å². The standard InChI is InChI=1S/C27H26N4O3/c1-16-8-7-11-21-25(16)20(15-28-21)18(3)30-22-13-12-17(2)29-26(22)31(27(30)34)23(14-24(32)33)19-9-5-4-6-10-19/h4-13,15,18,23,28H,14H2,1-3H3,(H,32,33)/t18?,23-/m1/s1. The maximum absolute atomic E-state index is 14.0. The number of aryl methyl sites for hydroxylation is 2. The fourth-order valence-electron chi connectivity index (χ4n) is 4.93. The monoisotopic (exact) mass is 454 g/mol. The first-order chi connectivity index (χ1) is 16.4. The molecule has 5 rings (SSSR count). The van der Waals surface area contributed by atoms with E-state index in [-0.39, 0.29) is 18.2 Å². The minimum Gasteiger partial charge on any atom is -0.481 e. The van der Waals surface area contributed by atoms with Crippen molar-refractivity contribution in [3.05, 3.63) is 99.7 Å². The Kier molecular flexibility index (Phi) is 5.32. The van der Waals surface area contributed by atoms with Crippen LogP contribution in [0.2, 0.25) is 0 Å². The lowest BCUT2D eigenvalue weighted by Crippen LogP contribution is -2.31. The third-order valence-electron chi connectivity index (χ3n) is 6.54. The summed E-state index contributed by atoms with van der Waals surface area (Å²) in [4.78, 5) is 33.9. The van der Waals surface area contributed by atoms with Gasteiger partial charge in [0.1, 0.15) is 0 Å². The molecule has 0 spiro atoms. The summed E-state index contributed by atoms with van der Waals surface area (Å²) in [5.41, 5.74) is 5.55. The van der Waals surface area contributed by atoms with Crippen molar-refractivity contribution in [2.75, 3.05) is 0 Å². The Morgan fingerprint density at radius 1 is 1.03 bits per heavy atom. The first-order valence-electron chi connectivity index (χ1n) is 11.3. The number of aliphatic carboxylic acids is 1. The number of nitrogens with one attached hydrogen (secondary N) is 1. The molecule has 2 aromatic carbocycles. The summed E-state index contributed by atoms with van der Waals surface area (Å²) in [6.45, 7) is 5.92. The van der Waals surface area contributed by atoms with Crippen molar-refractivity contribution in [2.45, 2.75) is 39.3 Å². The van der Waals surface area contributed by atoms with Gasteiger partial charge in [-0.1, -0.05) is 42.5 Å². The highest BCUT2D eigenvalue weighted by Crippen LogP contribution is 2.32. The quantitative estimate of drug-likeness (QED) is 0.379. The molecule has 3 aromatic heterocycles. The number of fused-ring (bicyclic) bond motifs is 2. The van der Waals surface area contributed by atoms with Crippen molar-refractivity contribution >= 4 is 28.0 Å². The number of nitrogens with zero attached hydrogens (tertiary/aromatic N) is 3. The van der Waals surface area contributed by atoms with Crippen LogP contribution < -0.4 is 5.69 Å². The predicted molar refractivity (Wildman–Crippen MR) is 132 cm³/mol. The molecule has 34 heavy (non-hydrogen) atoms. The molecular weight excluding hydrogens is 428 g/mol. The molecule has 7 nitrogen and oxygen atoms in total. The van der Waals surface area contributed by atoms with Gasteiger partial charge in [-0.25, -0.2) is 9.78 Å². The van der Waals surface area contributed by atoms with E-state index < -0.39 is 12.0 Å². The van der Waals surface area contributed by atoms with Crippen molar-refractivity contribution in [3.8, 4) is 0 Å². The zero-order valence-corrected chi connectivity index (χ0v) is 19.3. The Morgan fingerprint density at radius 2 is 1.79 bits per heavy atom. The SMILES string of the molecule is Cc1ccc2c(n1)n([C@H](CC(=O)O)c1ccccc1)c(=O)n2C(C)c1c[nH]c2cccc(C)c12. The molecule has 2 atom stereocenters. The lowest BCUT2D eigenvalue weighted by Gasteiger charge is -2.17. The molecule has 5 aromatic rings. The summed E-state index contributed by atoms with van der Waals surface area (Å²) in [6.07, 6.45) is 1.73. The number of carboxylic acids is 1. The molecule has 0 fully saturated rings. The fraction of sp³-hybridized carbons (Fsp3) is 0.222. The second kappa shape index (κ2) is 8.33. The van der Waals surface area contributed by atoms with Crippen molar-refractivity contribution in [1.29, 1.82) is 0 Å². The summed E-state index contributed by atoms with van der Waals surface area (Å²) in [5.74, 6) is -0.977. The highest BCUT2D eigenvalue weighted by molar-refractivity contribution is 5.87. The predicted octanol–water partition coefficient (Wildman–Crippen LogP) is 4.97. The number of aromatic nitrogens is 4. The average Bonchev–Trinajstić information content (AvgIpc) is 3.37. The molecule has 0 aliphatic heterocycles. The molecule has 0 aliphatic rings. The number of aromatic amines is 1. The number of carboxylic acid groups (broad SMARTS) is 1. The largest absolute Gasteiger partial charge is 0.481 e. The van der Waals surface area contributed by atoms with Crippen LogP contribution in [0.15, 0.2) is 71.7 Å². The number of hydrogen-bond acceptors (Lipinski definition) is 3. The van der Waals surface area contributed by atoms with Crippen LogP contribution in [0.1, 0.15) is 47.8 Å². The highest BCUT2D eigenvalue weighted by atomic mass is 16.4. The number of H-pyrrole nitrogens is 1. The zero-order chi connectivity index (χ0) is 24.0.